The monoisotopic (exact) mass is 389 g/mol. The topological polar surface area (TPSA) is 66.8 Å². The summed E-state index contributed by atoms with van der Waals surface area (Å²) in [5, 5.41) is 0.676. The van der Waals surface area contributed by atoms with Gasteiger partial charge in [0.1, 0.15) is 19.5 Å². The van der Waals surface area contributed by atoms with E-state index >= 15 is 0 Å². The highest BCUT2D eigenvalue weighted by Crippen LogP contribution is 2.22. The van der Waals surface area contributed by atoms with Gasteiger partial charge >= 0.3 is 5.97 Å². The number of carbonyl (C=O) groups is 2. The number of ketones is 1. The minimum Gasteiger partial charge on any atom is -0.493 e. The molecule has 6 nitrogen and oxygen atoms in total. The molecule has 27 heavy (non-hydrogen) atoms. The number of hydrogen-bond acceptors (Lipinski definition) is 5. The number of nitrogens with zero attached hydrogens (tertiary/aromatic N) is 1. The average Bonchev–Trinajstić information content (AvgIpc) is 2.96. The molecule has 3 rings (SSSR count). The van der Waals surface area contributed by atoms with Crippen molar-refractivity contribution >= 4 is 23.4 Å². The maximum Gasteiger partial charge on any atom is 0.377 e. The molecule has 0 atom stereocenters. The van der Waals surface area contributed by atoms with Crippen LogP contribution in [-0.2, 0) is 25.5 Å². The Balaban J connectivity index is 1.70. The van der Waals surface area contributed by atoms with E-state index in [0.717, 1.165) is 17.0 Å². The number of aromatic nitrogens is 1. The second kappa shape index (κ2) is 8.31. The molecular formula is C20H20ClNO5. The highest BCUT2D eigenvalue weighted by atomic mass is 35.5. The fraction of sp³-hybridized carbons (Fsp3) is 0.300. The maximum atomic E-state index is 12.5. The second-order valence-electron chi connectivity index (χ2n) is 6.16. The van der Waals surface area contributed by atoms with Crippen LogP contribution in [0.4, 0.5) is 0 Å². The summed E-state index contributed by atoms with van der Waals surface area (Å²) in [6, 6.07) is 9.38. The quantitative estimate of drug-likeness (QED) is 0.559. The molecule has 0 saturated carbocycles. The van der Waals surface area contributed by atoms with E-state index in [1.807, 2.05) is 42.7 Å². The van der Waals surface area contributed by atoms with E-state index in [1.165, 1.54) is 6.26 Å². The molecule has 1 aliphatic rings. The molecule has 0 saturated heterocycles. The summed E-state index contributed by atoms with van der Waals surface area (Å²) in [5.74, 6) is -1.02. The van der Waals surface area contributed by atoms with Gasteiger partial charge in [0.25, 0.3) is 0 Å². The smallest absolute Gasteiger partial charge is 0.377 e. The van der Waals surface area contributed by atoms with Crippen molar-refractivity contribution in [2.24, 2.45) is 0 Å². The molecule has 1 aliphatic heterocycles. The van der Waals surface area contributed by atoms with Crippen LogP contribution in [0, 0.1) is 13.8 Å². The molecule has 142 valence electrons. The molecule has 0 amide bonds. The van der Waals surface area contributed by atoms with Crippen LogP contribution < -0.4 is 0 Å². The van der Waals surface area contributed by atoms with E-state index in [0.29, 0.717) is 23.7 Å². The number of ether oxygens (including phenoxy) is 3. The molecular weight excluding hydrogens is 370 g/mol. The van der Waals surface area contributed by atoms with Crippen molar-refractivity contribution in [3.8, 4) is 0 Å². The second-order valence-corrected chi connectivity index (χ2v) is 6.57. The number of aryl methyl sites for hydroxylation is 1. The van der Waals surface area contributed by atoms with Gasteiger partial charge in [-0.2, -0.15) is 0 Å². The maximum absolute atomic E-state index is 12.5. The lowest BCUT2D eigenvalue weighted by atomic mass is 10.1. The first-order valence-corrected chi connectivity index (χ1v) is 8.90. The van der Waals surface area contributed by atoms with Gasteiger partial charge in [0.15, 0.2) is 6.61 Å². The molecule has 0 fully saturated rings. The number of Topliss-reactive ketones (excluding diaryl/α,β-unsaturated/α-hetero) is 1. The molecule has 0 N–H and O–H groups in total. The van der Waals surface area contributed by atoms with E-state index in [-0.39, 0.29) is 24.8 Å². The Morgan fingerprint density at radius 2 is 2.00 bits per heavy atom. The standard InChI is InChI=1S/C20H20ClNO5/c1-13-9-16(14(2)22(13)10-15-5-3-4-6-17(15)21)18(23)11-27-20(24)19-12-25-7-8-26-19/h3-6,9,12H,7-8,10-11H2,1-2H3. The van der Waals surface area contributed by atoms with Crippen molar-refractivity contribution in [2.45, 2.75) is 20.4 Å². The summed E-state index contributed by atoms with van der Waals surface area (Å²) in [6.45, 7) is 4.63. The summed E-state index contributed by atoms with van der Waals surface area (Å²) in [7, 11) is 0. The van der Waals surface area contributed by atoms with Gasteiger partial charge in [-0.3, -0.25) is 4.79 Å². The van der Waals surface area contributed by atoms with Gasteiger partial charge in [0.05, 0.1) is 0 Å². The molecule has 0 aliphatic carbocycles. The number of hydrogen-bond donors (Lipinski definition) is 0. The number of halogens is 1. The fourth-order valence-corrected chi connectivity index (χ4v) is 3.07. The van der Waals surface area contributed by atoms with Crippen LogP contribution in [0.15, 0.2) is 42.4 Å². The van der Waals surface area contributed by atoms with Gasteiger partial charge in [-0.1, -0.05) is 29.8 Å². The van der Waals surface area contributed by atoms with Gasteiger partial charge < -0.3 is 18.8 Å². The van der Waals surface area contributed by atoms with Gasteiger partial charge in [0.2, 0.25) is 11.5 Å². The number of esters is 1. The molecule has 1 aromatic carbocycles. The van der Waals surface area contributed by atoms with Crippen LogP contribution in [0.2, 0.25) is 5.02 Å². The summed E-state index contributed by atoms with van der Waals surface area (Å²) in [6.07, 6.45) is 1.20. The fourth-order valence-electron chi connectivity index (χ4n) is 2.88. The Morgan fingerprint density at radius 1 is 1.22 bits per heavy atom. The lowest BCUT2D eigenvalue weighted by molar-refractivity contribution is -0.143. The number of rotatable bonds is 6. The lowest BCUT2D eigenvalue weighted by Gasteiger charge is -2.14. The molecule has 0 unspecified atom stereocenters. The molecule has 0 spiro atoms. The third kappa shape index (κ3) is 4.34. The zero-order valence-corrected chi connectivity index (χ0v) is 15.9. The highest BCUT2D eigenvalue weighted by molar-refractivity contribution is 6.31. The van der Waals surface area contributed by atoms with Crippen LogP contribution in [0.1, 0.15) is 27.3 Å². The van der Waals surface area contributed by atoms with Crippen LogP contribution in [0.3, 0.4) is 0 Å². The zero-order chi connectivity index (χ0) is 19.4. The SMILES string of the molecule is Cc1cc(C(=O)COC(=O)C2=COCCO2)c(C)n1Cc1ccccc1Cl. The molecule has 0 radical (unpaired) electrons. The van der Waals surface area contributed by atoms with Gasteiger partial charge in [0, 0.05) is 28.5 Å². The Hall–Kier alpha value is -2.73. The third-order valence-corrected chi connectivity index (χ3v) is 4.71. The lowest BCUT2D eigenvalue weighted by Crippen LogP contribution is -2.20. The van der Waals surface area contributed by atoms with Crippen molar-refractivity contribution in [1.29, 1.82) is 0 Å². The van der Waals surface area contributed by atoms with Crippen molar-refractivity contribution in [1.82, 2.24) is 4.57 Å². The van der Waals surface area contributed by atoms with E-state index in [9.17, 15) is 9.59 Å². The summed E-state index contributed by atoms with van der Waals surface area (Å²) >= 11 is 6.24. The van der Waals surface area contributed by atoms with E-state index in [4.69, 9.17) is 25.8 Å². The Bertz CT molecular complexity index is 900. The number of benzene rings is 1. The van der Waals surface area contributed by atoms with Gasteiger partial charge in [-0.25, -0.2) is 4.79 Å². The Labute approximate surface area is 162 Å². The van der Waals surface area contributed by atoms with Crippen LogP contribution in [0.5, 0.6) is 0 Å². The van der Waals surface area contributed by atoms with E-state index in [2.05, 4.69) is 0 Å². The average molecular weight is 390 g/mol. The highest BCUT2D eigenvalue weighted by Gasteiger charge is 2.21. The van der Waals surface area contributed by atoms with Crippen molar-refractivity contribution in [3.05, 3.63) is 69.9 Å². The minimum atomic E-state index is -0.715. The normalized spacial score (nSPS) is 13.4. The summed E-state index contributed by atoms with van der Waals surface area (Å²) < 4.78 is 17.2. The zero-order valence-electron chi connectivity index (χ0n) is 15.2. The third-order valence-electron chi connectivity index (χ3n) is 4.35. The van der Waals surface area contributed by atoms with Gasteiger partial charge in [-0.05, 0) is 31.5 Å². The molecule has 2 heterocycles. The Kier molecular flexibility index (Phi) is 5.86. The Morgan fingerprint density at radius 3 is 2.70 bits per heavy atom. The van der Waals surface area contributed by atoms with E-state index < -0.39 is 5.97 Å². The summed E-state index contributed by atoms with van der Waals surface area (Å²) in [4.78, 5) is 24.4. The van der Waals surface area contributed by atoms with Crippen molar-refractivity contribution < 1.29 is 23.8 Å². The van der Waals surface area contributed by atoms with E-state index in [1.54, 1.807) is 6.07 Å². The molecule has 0 bridgehead atoms. The number of carbonyl (C=O) groups excluding carboxylic acids is 2. The van der Waals surface area contributed by atoms with Gasteiger partial charge in [-0.15, -0.1) is 0 Å². The van der Waals surface area contributed by atoms with Crippen molar-refractivity contribution in [3.63, 3.8) is 0 Å². The largest absolute Gasteiger partial charge is 0.493 e. The molecule has 2 aromatic rings. The first-order valence-electron chi connectivity index (χ1n) is 8.52. The first-order chi connectivity index (χ1) is 13.0. The predicted octanol–water partition coefficient (Wildman–Crippen LogP) is 3.42. The summed E-state index contributed by atoms with van der Waals surface area (Å²) in [5.41, 5.74) is 3.20. The van der Waals surface area contributed by atoms with Crippen LogP contribution in [-0.4, -0.2) is 36.1 Å². The molecule has 1 aromatic heterocycles. The minimum absolute atomic E-state index is 0.0294. The van der Waals surface area contributed by atoms with Crippen LogP contribution >= 0.6 is 11.6 Å². The predicted molar refractivity (Wildman–Crippen MR) is 99.7 cm³/mol. The first kappa shape index (κ1) is 19.0. The van der Waals surface area contributed by atoms with Crippen molar-refractivity contribution in [2.75, 3.05) is 19.8 Å². The molecule has 7 heteroatoms. The van der Waals surface area contributed by atoms with Crippen LogP contribution in [0.25, 0.3) is 0 Å².